The zero-order valence-electron chi connectivity index (χ0n) is 13.7. The predicted octanol–water partition coefficient (Wildman–Crippen LogP) is 3.97. The maximum atomic E-state index is 12.9. The molecule has 4 heteroatoms. The number of hydrogen-bond donors (Lipinski definition) is 0. The summed E-state index contributed by atoms with van der Waals surface area (Å²) in [6.45, 7) is 5.20. The summed E-state index contributed by atoms with van der Waals surface area (Å²) < 4.78 is 5.70. The van der Waals surface area contributed by atoms with E-state index < -0.39 is 0 Å². The van der Waals surface area contributed by atoms with Crippen LogP contribution in [-0.4, -0.2) is 24.8 Å². The fourth-order valence-corrected chi connectivity index (χ4v) is 3.23. The monoisotopic (exact) mass is 318 g/mol. The van der Waals surface area contributed by atoms with Gasteiger partial charge in [-0.25, -0.2) is 4.99 Å². The molecule has 2 aromatic rings. The van der Waals surface area contributed by atoms with E-state index in [9.17, 15) is 4.79 Å². The maximum absolute atomic E-state index is 12.9. The summed E-state index contributed by atoms with van der Waals surface area (Å²) in [5, 5.41) is 0. The van der Waals surface area contributed by atoms with Crippen LogP contribution in [0.1, 0.15) is 25.0 Å². The van der Waals surface area contributed by atoms with Crippen LogP contribution in [0.4, 0.5) is 11.4 Å². The summed E-state index contributed by atoms with van der Waals surface area (Å²) in [5.41, 5.74) is 5.30. The van der Waals surface area contributed by atoms with Crippen molar-refractivity contribution in [2.24, 2.45) is 4.99 Å². The molecule has 4 nitrogen and oxygen atoms in total. The largest absolute Gasteiger partial charge is 0.494 e. The number of ether oxygens (including phenoxy) is 1. The first kappa shape index (κ1) is 14.7. The first-order chi connectivity index (χ1) is 11.7. The van der Waals surface area contributed by atoms with Gasteiger partial charge in [-0.2, -0.15) is 0 Å². The quantitative estimate of drug-likeness (QED) is 0.859. The molecular formula is C20H18N2O2. The number of nitrogens with zero attached hydrogens (tertiary/aromatic N) is 2. The number of benzene rings is 2. The van der Waals surface area contributed by atoms with Crippen molar-refractivity contribution in [3.8, 4) is 5.75 Å². The molecule has 120 valence electrons. The molecule has 0 spiro atoms. The summed E-state index contributed by atoms with van der Waals surface area (Å²) in [6.07, 6.45) is 2.07. The van der Waals surface area contributed by atoms with E-state index in [2.05, 4.69) is 18.0 Å². The second-order valence-electron chi connectivity index (χ2n) is 5.90. The van der Waals surface area contributed by atoms with Crippen molar-refractivity contribution in [3.05, 3.63) is 59.7 Å². The standard InChI is InChI=1S/C20H18N2O2/c1-3-24-15-11-16-13(2)9-10-22-19(16)17(12-15)18(20(22)23)21-14-7-5-4-6-8-14/h4-9,11-12H,3,10H2,1-2H3. The van der Waals surface area contributed by atoms with Crippen LogP contribution < -0.4 is 9.64 Å². The SMILES string of the molecule is CCOc1cc2c3c(c1)C(=Nc1ccccc1)C(=O)N3CC=C2C. The molecule has 4 rings (SSSR count). The van der Waals surface area contributed by atoms with Crippen molar-refractivity contribution in [2.75, 3.05) is 18.1 Å². The molecule has 0 saturated heterocycles. The van der Waals surface area contributed by atoms with E-state index in [0.717, 1.165) is 33.8 Å². The van der Waals surface area contributed by atoms with Crippen molar-refractivity contribution in [1.82, 2.24) is 0 Å². The topological polar surface area (TPSA) is 41.9 Å². The van der Waals surface area contributed by atoms with E-state index in [1.807, 2.05) is 49.4 Å². The number of amides is 1. The Balaban J connectivity index is 1.93. The summed E-state index contributed by atoms with van der Waals surface area (Å²) in [6, 6.07) is 13.5. The summed E-state index contributed by atoms with van der Waals surface area (Å²) in [5.74, 6) is 0.726. The minimum absolute atomic E-state index is 0.0486. The van der Waals surface area contributed by atoms with Crippen LogP contribution in [0, 0.1) is 0 Å². The Bertz CT molecular complexity index is 882. The molecule has 2 heterocycles. The van der Waals surface area contributed by atoms with Crippen molar-refractivity contribution in [2.45, 2.75) is 13.8 Å². The van der Waals surface area contributed by atoms with Crippen LogP contribution in [0.15, 0.2) is 53.5 Å². The van der Waals surface area contributed by atoms with Crippen LogP contribution in [0.3, 0.4) is 0 Å². The van der Waals surface area contributed by atoms with Crippen molar-refractivity contribution in [1.29, 1.82) is 0 Å². The molecule has 0 aromatic heterocycles. The van der Waals surface area contributed by atoms with Crippen LogP contribution in [0.25, 0.3) is 5.57 Å². The molecule has 0 saturated carbocycles. The average molecular weight is 318 g/mol. The molecule has 2 aromatic carbocycles. The van der Waals surface area contributed by atoms with E-state index in [-0.39, 0.29) is 5.91 Å². The van der Waals surface area contributed by atoms with Gasteiger partial charge in [-0.3, -0.25) is 4.79 Å². The lowest BCUT2D eigenvalue weighted by Crippen LogP contribution is -2.32. The first-order valence-electron chi connectivity index (χ1n) is 8.13. The first-order valence-corrected chi connectivity index (χ1v) is 8.13. The molecule has 0 atom stereocenters. The molecular weight excluding hydrogens is 300 g/mol. The van der Waals surface area contributed by atoms with E-state index in [1.54, 1.807) is 4.90 Å². The number of allylic oxidation sites excluding steroid dienone is 1. The Hall–Kier alpha value is -2.88. The van der Waals surface area contributed by atoms with Crippen LogP contribution in [-0.2, 0) is 4.79 Å². The second-order valence-corrected chi connectivity index (χ2v) is 5.90. The van der Waals surface area contributed by atoms with Gasteiger partial charge in [0.05, 0.1) is 18.0 Å². The predicted molar refractivity (Wildman–Crippen MR) is 96.3 cm³/mol. The van der Waals surface area contributed by atoms with Gasteiger partial charge in [0, 0.05) is 17.7 Å². The molecule has 0 aliphatic carbocycles. The van der Waals surface area contributed by atoms with Gasteiger partial charge in [-0.1, -0.05) is 24.3 Å². The van der Waals surface area contributed by atoms with E-state index in [1.165, 1.54) is 0 Å². The molecule has 1 amide bonds. The van der Waals surface area contributed by atoms with Gasteiger partial charge >= 0.3 is 0 Å². The molecule has 0 N–H and O–H groups in total. The van der Waals surface area contributed by atoms with Crippen molar-refractivity contribution < 1.29 is 9.53 Å². The molecule has 0 fully saturated rings. The molecule has 0 radical (unpaired) electrons. The number of aliphatic imine (C=N–C) groups is 1. The summed E-state index contributed by atoms with van der Waals surface area (Å²) >= 11 is 0. The molecule has 2 aliphatic rings. The third-order valence-corrected chi connectivity index (χ3v) is 4.37. The summed E-state index contributed by atoms with van der Waals surface area (Å²) in [4.78, 5) is 19.3. The van der Waals surface area contributed by atoms with Crippen molar-refractivity contribution >= 4 is 28.6 Å². The Morgan fingerprint density at radius 3 is 2.67 bits per heavy atom. The minimum atomic E-state index is -0.0486. The Morgan fingerprint density at radius 1 is 1.17 bits per heavy atom. The number of rotatable bonds is 3. The lowest BCUT2D eigenvalue weighted by Gasteiger charge is -2.24. The Labute approximate surface area is 141 Å². The Kier molecular flexibility index (Phi) is 3.45. The van der Waals surface area contributed by atoms with E-state index >= 15 is 0 Å². The van der Waals surface area contributed by atoms with Crippen LogP contribution >= 0.6 is 0 Å². The molecule has 24 heavy (non-hydrogen) atoms. The minimum Gasteiger partial charge on any atom is -0.494 e. The number of para-hydroxylation sites is 1. The van der Waals surface area contributed by atoms with Gasteiger partial charge in [0.1, 0.15) is 11.5 Å². The van der Waals surface area contributed by atoms with E-state index in [4.69, 9.17) is 4.74 Å². The summed E-state index contributed by atoms with van der Waals surface area (Å²) in [7, 11) is 0. The van der Waals surface area contributed by atoms with E-state index in [0.29, 0.717) is 18.9 Å². The highest BCUT2D eigenvalue weighted by molar-refractivity contribution is 6.55. The van der Waals surface area contributed by atoms with Crippen LogP contribution in [0.5, 0.6) is 5.75 Å². The molecule has 2 aliphatic heterocycles. The number of anilines is 1. The molecule has 0 unspecified atom stereocenters. The van der Waals surface area contributed by atoms with Crippen LogP contribution in [0.2, 0.25) is 0 Å². The smallest absolute Gasteiger partial charge is 0.277 e. The highest BCUT2D eigenvalue weighted by atomic mass is 16.5. The van der Waals surface area contributed by atoms with Gasteiger partial charge in [0.25, 0.3) is 5.91 Å². The second kappa shape index (κ2) is 5.64. The Morgan fingerprint density at radius 2 is 1.92 bits per heavy atom. The average Bonchev–Trinajstić information content (AvgIpc) is 2.85. The lowest BCUT2D eigenvalue weighted by molar-refractivity contribution is -0.112. The van der Waals surface area contributed by atoms with Crippen molar-refractivity contribution in [3.63, 3.8) is 0 Å². The zero-order valence-corrected chi connectivity index (χ0v) is 13.7. The fraction of sp³-hybridized carbons (Fsp3) is 0.200. The van der Waals surface area contributed by atoms with Gasteiger partial charge in [0.2, 0.25) is 0 Å². The maximum Gasteiger partial charge on any atom is 0.277 e. The number of carbonyl (C=O) groups excluding carboxylic acids is 1. The van der Waals surface area contributed by atoms with Gasteiger partial charge in [-0.05, 0) is 43.7 Å². The lowest BCUT2D eigenvalue weighted by atomic mass is 9.97. The number of carbonyl (C=O) groups is 1. The van der Waals surface area contributed by atoms with Gasteiger partial charge in [0.15, 0.2) is 0 Å². The normalized spacial score (nSPS) is 17.1. The van der Waals surface area contributed by atoms with Gasteiger partial charge < -0.3 is 9.64 Å². The third-order valence-electron chi connectivity index (χ3n) is 4.37. The zero-order chi connectivity index (χ0) is 16.7. The highest BCUT2D eigenvalue weighted by Gasteiger charge is 2.38. The number of hydrogen-bond acceptors (Lipinski definition) is 3. The molecule has 0 bridgehead atoms. The fourth-order valence-electron chi connectivity index (χ4n) is 3.23. The highest BCUT2D eigenvalue weighted by Crippen LogP contribution is 2.42. The van der Waals surface area contributed by atoms with Gasteiger partial charge in [-0.15, -0.1) is 0 Å². The third kappa shape index (κ3) is 2.22.